The summed E-state index contributed by atoms with van der Waals surface area (Å²) in [4.78, 5) is 13.6. The molecule has 0 aliphatic carbocycles. The van der Waals surface area contributed by atoms with Crippen LogP contribution in [0, 0.1) is 11.3 Å². The normalized spacial score (nSPS) is 22.9. The van der Waals surface area contributed by atoms with Crippen molar-refractivity contribution in [3.8, 4) is 0 Å². The van der Waals surface area contributed by atoms with Crippen LogP contribution in [0.25, 0.3) is 0 Å². The highest BCUT2D eigenvalue weighted by Crippen LogP contribution is 2.33. The number of aliphatic carboxylic acids is 1. The zero-order valence-corrected chi connectivity index (χ0v) is 13.1. The van der Waals surface area contributed by atoms with Crippen molar-refractivity contribution in [2.24, 2.45) is 11.3 Å². The first kappa shape index (κ1) is 16.4. The molecular formula is C15H30N2O2. The number of nitrogens with one attached hydrogen (secondary N) is 1. The average molecular weight is 270 g/mol. The second-order valence-electron chi connectivity index (χ2n) is 7.15. The molecule has 1 rings (SSSR count). The van der Waals surface area contributed by atoms with Crippen LogP contribution in [0.3, 0.4) is 0 Å². The highest BCUT2D eigenvalue weighted by molar-refractivity contribution is 5.73. The van der Waals surface area contributed by atoms with E-state index in [0.717, 1.165) is 25.6 Å². The Labute approximate surface area is 117 Å². The van der Waals surface area contributed by atoms with Crippen molar-refractivity contribution < 1.29 is 9.90 Å². The maximum Gasteiger partial charge on any atom is 0.320 e. The van der Waals surface area contributed by atoms with Crippen LogP contribution in [0.1, 0.15) is 47.5 Å². The first-order valence-electron chi connectivity index (χ1n) is 7.41. The minimum absolute atomic E-state index is 0.210. The molecule has 0 aromatic rings. The van der Waals surface area contributed by atoms with E-state index in [9.17, 15) is 9.90 Å². The second kappa shape index (κ2) is 6.71. The average Bonchev–Trinajstić information content (AvgIpc) is 2.71. The molecule has 4 nitrogen and oxygen atoms in total. The number of carbonyl (C=O) groups is 1. The van der Waals surface area contributed by atoms with Gasteiger partial charge in [0.05, 0.1) is 0 Å². The van der Waals surface area contributed by atoms with Crippen LogP contribution in [0.5, 0.6) is 0 Å². The van der Waals surface area contributed by atoms with Gasteiger partial charge < -0.3 is 15.3 Å². The van der Waals surface area contributed by atoms with Gasteiger partial charge in [-0.05, 0) is 30.7 Å². The first-order valence-corrected chi connectivity index (χ1v) is 7.41. The van der Waals surface area contributed by atoms with Crippen molar-refractivity contribution in [3.63, 3.8) is 0 Å². The van der Waals surface area contributed by atoms with Gasteiger partial charge in [0.15, 0.2) is 0 Å². The summed E-state index contributed by atoms with van der Waals surface area (Å²) in [6.07, 6.45) is 1.92. The molecule has 0 amide bonds. The highest BCUT2D eigenvalue weighted by Gasteiger charge is 2.32. The van der Waals surface area contributed by atoms with E-state index < -0.39 is 12.0 Å². The zero-order chi connectivity index (χ0) is 14.6. The fourth-order valence-electron chi connectivity index (χ4n) is 2.73. The van der Waals surface area contributed by atoms with Gasteiger partial charge >= 0.3 is 5.97 Å². The van der Waals surface area contributed by atoms with E-state index in [-0.39, 0.29) is 6.04 Å². The molecule has 0 bridgehead atoms. The molecule has 2 unspecified atom stereocenters. The van der Waals surface area contributed by atoms with E-state index in [1.807, 2.05) is 13.8 Å². The third-order valence-corrected chi connectivity index (χ3v) is 4.06. The van der Waals surface area contributed by atoms with E-state index in [1.54, 1.807) is 0 Å². The molecule has 1 fully saturated rings. The van der Waals surface area contributed by atoms with Crippen LogP contribution in [0.2, 0.25) is 0 Å². The van der Waals surface area contributed by atoms with Crippen molar-refractivity contribution in [3.05, 3.63) is 0 Å². The summed E-state index contributed by atoms with van der Waals surface area (Å²) >= 11 is 0. The fraction of sp³-hybridized carbons (Fsp3) is 0.933. The molecule has 1 saturated heterocycles. The van der Waals surface area contributed by atoms with Crippen LogP contribution in [0.4, 0.5) is 0 Å². The fourth-order valence-corrected chi connectivity index (χ4v) is 2.73. The predicted molar refractivity (Wildman–Crippen MR) is 78.3 cm³/mol. The Morgan fingerprint density at radius 1 is 1.42 bits per heavy atom. The number of likely N-dealkylation sites (tertiary alicyclic amines) is 1. The monoisotopic (exact) mass is 270 g/mol. The Kier molecular flexibility index (Phi) is 5.81. The minimum Gasteiger partial charge on any atom is -0.480 e. The SMILES string of the molecule is CC(C)NC(CCN1CCC(C(C)(C)C)C1)C(=O)O. The molecular weight excluding hydrogens is 240 g/mol. The standard InChI is InChI=1S/C15H30N2O2/c1-11(2)16-13(14(18)19)7-9-17-8-6-12(10-17)15(3,4)5/h11-13,16H,6-10H2,1-5H3,(H,18,19). The van der Waals surface area contributed by atoms with Crippen LogP contribution >= 0.6 is 0 Å². The molecule has 4 heteroatoms. The molecule has 0 saturated carbocycles. The molecule has 0 aromatic heterocycles. The zero-order valence-electron chi connectivity index (χ0n) is 13.1. The summed E-state index contributed by atoms with van der Waals surface area (Å²) in [6, 6.07) is -0.212. The second-order valence-corrected chi connectivity index (χ2v) is 7.15. The third kappa shape index (κ3) is 5.49. The molecule has 0 spiro atoms. The van der Waals surface area contributed by atoms with E-state index in [0.29, 0.717) is 11.8 Å². The van der Waals surface area contributed by atoms with Gasteiger partial charge in [-0.3, -0.25) is 4.79 Å². The molecule has 2 atom stereocenters. The number of carboxylic acids is 1. The van der Waals surface area contributed by atoms with Crippen molar-refractivity contribution >= 4 is 5.97 Å². The van der Waals surface area contributed by atoms with Crippen LogP contribution in [0.15, 0.2) is 0 Å². The number of hydrogen-bond donors (Lipinski definition) is 2. The van der Waals surface area contributed by atoms with E-state index in [4.69, 9.17) is 0 Å². The summed E-state index contributed by atoms with van der Waals surface area (Å²) < 4.78 is 0. The summed E-state index contributed by atoms with van der Waals surface area (Å²) in [7, 11) is 0. The number of hydrogen-bond acceptors (Lipinski definition) is 3. The first-order chi connectivity index (χ1) is 8.70. The molecule has 0 aromatic carbocycles. The van der Waals surface area contributed by atoms with Crippen LogP contribution in [-0.4, -0.2) is 47.7 Å². The summed E-state index contributed by atoms with van der Waals surface area (Å²) in [5.74, 6) is -0.00546. The summed E-state index contributed by atoms with van der Waals surface area (Å²) in [5.41, 5.74) is 0.358. The van der Waals surface area contributed by atoms with Gasteiger partial charge in [0, 0.05) is 19.1 Å². The lowest BCUT2D eigenvalue weighted by Gasteiger charge is -2.27. The molecule has 19 heavy (non-hydrogen) atoms. The largest absolute Gasteiger partial charge is 0.480 e. The number of nitrogens with zero attached hydrogens (tertiary/aromatic N) is 1. The van der Waals surface area contributed by atoms with Crippen molar-refractivity contribution in [2.45, 2.75) is 59.5 Å². The van der Waals surface area contributed by atoms with E-state index in [2.05, 4.69) is 31.0 Å². The lowest BCUT2D eigenvalue weighted by molar-refractivity contribution is -0.139. The van der Waals surface area contributed by atoms with Gasteiger partial charge in [-0.1, -0.05) is 34.6 Å². The Balaban J connectivity index is 2.38. The Morgan fingerprint density at radius 3 is 2.47 bits per heavy atom. The molecule has 0 radical (unpaired) electrons. The number of carboxylic acid groups (broad SMARTS) is 1. The van der Waals surface area contributed by atoms with Gasteiger partial charge in [0.1, 0.15) is 6.04 Å². The summed E-state index contributed by atoms with van der Waals surface area (Å²) in [5, 5.41) is 12.3. The van der Waals surface area contributed by atoms with Crippen molar-refractivity contribution in [1.82, 2.24) is 10.2 Å². The lowest BCUT2D eigenvalue weighted by Crippen LogP contribution is -2.43. The molecule has 2 N–H and O–H groups in total. The highest BCUT2D eigenvalue weighted by atomic mass is 16.4. The quantitative estimate of drug-likeness (QED) is 0.777. The lowest BCUT2D eigenvalue weighted by atomic mass is 9.80. The van der Waals surface area contributed by atoms with Gasteiger partial charge in [-0.15, -0.1) is 0 Å². The van der Waals surface area contributed by atoms with E-state index in [1.165, 1.54) is 6.42 Å². The maximum absolute atomic E-state index is 11.2. The minimum atomic E-state index is -0.736. The van der Waals surface area contributed by atoms with Gasteiger partial charge in [-0.2, -0.15) is 0 Å². The van der Waals surface area contributed by atoms with Crippen LogP contribution < -0.4 is 5.32 Å². The Bertz CT molecular complexity index is 297. The third-order valence-electron chi connectivity index (χ3n) is 4.06. The topological polar surface area (TPSA) is 52.6 Å². The molecule has 1 heterocycles. The smallest absolute Gasteiger partial charge is 0.320 e. The van der Waals surface area contributed by atoms with Crippen molar-refractivity contribution in [2.75, 3.05) is 19.6 Å². The predicted octanol–water partition coefficient (Wildman–Crippen LogP) is 2.20. The molecule has 1 aliphatic rings. The summed E-state index contributed by atoms with van der Waals surface area (Å²) in [6.45, 7) is 13.9. The number of rotatable bonds is 6. The van der Waals surface area contributed by atoms with Gasteiger partial charge in [0.25, 0.3) is 0 Å². The van der Waals surface area contributed by atoms with Gasteiger partial charge in [-0.25, -0.2) is 0 Å². The van der Waals surface area contributed by atoms with E-state index >= 15 is 0 Å². The molecule has 112 valence electrons. The van der Waals surface area contributed by atoms with Gasteiger partial charge in [0.2, 0.25) is 0 Å². The Hall–Kier alpha value is -0.610. The Morgan fingerprint density at radius 2 is 2.05 bits per heavy atom. The molecule has 1 aliphatic heterocycles. The maximum atomic E-state index is 11.2. The van der Waals surface area contributed by atoms with Crippen LogP contribution in [-0.2, 0) is 4.79 Å². The van der Waals surface area contributed by atoms with Crippen molar-refractivity contribution in [1.29, 1.82) is 0 Å².